The Balaban J connectivity index is 1.80. The van der Waals surface area contributed by atoms with Gasteiger partial charge in [0.2, 0.25) is 0 Å². The number of carbonyl (C=O) groups is 2. The van der Waals surface area contributed by atoms with E-state index in [1.54, 1.807) is 31.2 Å². The van der Waals surface area contributed by atoms with Crippen LogP contribution in [-0.4, -0.2) is 40.2 Å². The van der Waals surface area contributed by atoms with Crippen molar-refractivity contribution in [3.8, 4) is 11.1 Å². The van der Waals surface area contributed by atoms with E-state index in [9.17, 15) is 23.5 Å². The molecule has 6 N–H and O–H groups in total. The third-order valence-electron chi connectivity index (χ3n) is 4.81. The lowest BCUT2D eigenvalue weighted by Crippen LogP contribution is -2.27. The topological polar surface area (TPSA) is 138 Å². The number of hydrogen-bond acceptors (Lipinski definition) is 6. The van der Waals surface area contributed by atoms with Crippen molar-refractivity contribution in [2.45, 2.75) is 13.0 Å². The molecular formula is C23H22F2N4O4. The van der Waals surface area contributed by atoms with E-state index in [-0.39, 0.29) is 30.1 Å². The lowest BCUT2D eigenvalue weighted by Gasteiger charge is -2.14. The maximum absolute atomic E-state index is 13.4. The summed E-state index contributed by atoms with van der Waals surface area (Å²) in [6, 6.07) is 8.85. The van der Waals surface area contributed by atoms with Crippen molar-refractivity contribution in [2.24, 2.45) is 0 Å². The molecule has 172 valence electrons. The van der Waals surface area contributed by atoms with E-state index in [2.05, 4.69) is 15.6 Å². The smallest absolute Gasteiger partial charge is 0.257 e. The molecule has 0 aliphatic rings. The van der Waals surface area contributed by atoms with E-state index >= 15 is 0 Å². The minimum atomic E-state index is -1.77. The maximum atomic E-state index is 13.4. The Kier molecular flexibility index (Phi) is 7.31. The number of pyridine rings is 1. The van der Waals surface area contributed by atoms with Crippen molar-refractivity contribution in [3.63, 3.8) is 0 Å². The van der Waals surface area contributed by atoms with Crippen LogP contribution < -0.4 is 16.4 Å². The van der Waals surface area contributed by atoms with E-state index < -0.39 is 29.6 Å². The Hall–Kier alpha value is -3.89. The second-order valence-corrected chi connectivity index (χ2v) is 7.26. The zero-order valence-corrected chi connectivity index (χ0v) is 17.6. The first-order valence-electron chi connectivity index (χ1n) is 9.90. The number of hydrogen-bond donors (Lipinski definition) is 5. The molecule has 0 saturated heterocycles. The van der Waals surface area contributed by atoms with Crippen LogP contribution in [0.25, 0.3) is 11.1 Å². The minimum absolute atomic E-state index is 0.0403. The summed E-state index contributed by atoms with van der Waals surface area (Å²) in [7, 11) is 0. The number of rotatable bonds is 7. The highest BCUT2D eigenvalue weighted by Crippen LogP contribution is 2.28. The Morgan fingerprint density at radius 3 is 2.45 bits per heavy atom. The summed E-state index contributed by atoms with van der Waals surface area (Å²) in [5.74, 6) is -3.10. The molecule has 1 atom stereocenters. The molecule has 0 bridgehead atoms. The number of nitrogens with two attached hydrogens (primary N) is 1. The molecule has 3 rings (SSSR count). The number of carbonyl (C=O) groups excluding carboxylic acids is 2. The molecule has 8 nitrogen and oxygen atoms in total. The van der Waals surface area contributed by atoms with E-state index in [0.29, 0.717) is 28.4 Å². The number of benzene rings is 2. The number of nitrogens with zero attached hydrogens (tertiary/aromatic N) is 1. The summed E-state index contributed by atoms with van der Waals surface area (Å²) in [5, 5.41) is 24.0. The Bertz CT molecular complexity index is 1180. The molecule has 1 heterocycles. The molecular weight excluding hydrogens is 434 g/mol. The maximum Gasteiger partial charge on any atom is 0.257 e. The summed E-state index contributed by atoms with van der Waals surface area (Å²) < 4.78 is 26.7. The number of nitrogens with one attached hydrogen (secondary N) is 2. The van der Waals surface area contributed by atoms with Gasteiger partial charge in [-0.15, -0.1) is 0 Å². The lowest BCUT2D eigenvalue weighted by molar-refractivity contribution is -0.124. The second-order valence-electron chi connectivity index (χ2n) is 7.26. The van der Waals surface area contributed by atoms with Gasteiger partial charge in [0.25, 0.3) is 11.8 Å². The lowest BCUT2D eigenvalue weighted by atomic mass is 9.99. The predicted molar refractivity (Wildman–Crippen MR) is 118 cm³/mol. The van der Waals surface area contributed by atoms with Crippen LogP contribution in [0.3, 0.4) is 0 Å². The number of aryl methyl sites for hydroxylation is 1. The summed E-state index contributed by atoms with van der Waals surface area (Å²) >= 11 is 0. The molecule has 1 aromatic heterocycles. The quantitative estimate of drug-likeness (QED) is 0.370. The van der Waals surface area contributed by atoms with Gasteiger partial charge < -0.3 is 26.6 Å². The number of nitrogen functional groups attached to an aromatic ring is 1. The van der Waals surface area contributed by atoms with Crippen molar-refractivity contribution in [3.05, 3.63) is 77.0 Å². The molecule has 2 aromatic carbocycles. The first kappa shape index (κ1) is 23.8. The van der Waals surface area contributed by atoms with Crippen LogP contribution in [0, 0.1) is 18.6 Å². The van der Waals surface area contributed by atoms with Crippen molar-refractivity contribution >= 4 is 23.3 Å². The van der Waals surface area contributed by atoms with Gasteiger partial charge in [-0.3, -0.25) is 9.59 Å². The number of aliphatic hydroxyl groups is 2. The number of halogens is 2. The molecule has 33 heavy (non-hydrogen) atoms. The molecule has 3 aromatic rings. The van der Waals surface area contributed by atoms with Crippen molar-refractivity contribution in [1.29, 1.82) is 0 Å². The highest BCUT2D eigenvalue weighted by Gasteiger charge is 2.20. The highest BCUT2D eigenvalue weighted by atomic mass is 19.1. The van der Waals surface area contributed by atoms with Gasteiger partial charge in [0.15, 0.2) is 6.10 Å². The van der Waals surface area contributed by atoms with Gasteiger partial charge in [-0.1, -0.05) is 6.07 Å². The van der Waals surface area contributed by atoms with E-state index in [0.717, 1.165) is 12.1 Å². The fraction of sp³-hybridized carbons (Fsp3) is 0.174. The summed E-state index contributed by atoms with van der Waals surface area (Å²) in [5.41, 5.74) is 8.12. The van der Waals surface area contributed by atoms with Crippen molar-refractivity contribution in [2.75, 3.05) is 24.2 Å². The van der Waals surface area contributed by atoms with Gasteiger partial charge in [-0.25, -0.2) is 13.8 Å². The van der Waals surface area contributed by atoms with Gasteiger partial charge in [0, 0.05) is 30.1 Å². The molecule has 0 fully saturated rings. The molecule has 0 aliphatic carbocycles. The third kappa shape index (κ3) is 5.68. The molecule has 10 heteroatoms. The van der Waals surface area contributed by atoms with Gasteiger partial charge in [-0.05, 0) is 53.9 Å². The second kappa shape index (κ2) is 10.2. The molecule has 0 spiro atoms. The highest BCUT2D eigenvalue weighted by molar-refractivity contribution is 5.99. The van der Waals surface area contributed by atoms with Crippen LogP contribution in [0.4, 0.5) is 20.3 Å². The average Bonchev–Trinajstić information content (AvgIpc) is 2.77. The number of anilines is 2. The Morgan fingerprint density at radius 1 is 1.12 bits per heavy atom. The normalized spacial score (nSPS) is 11.7. The molecule has 0 unspecified atom stereocenters. The van der Waals surface area contributed by atoms with Crippen molar-refractivity contribution < 1.29 is 28.6 Å². The SMILES string of the molecule is Cc1cc(NC(=O)[C@@H](O)c2cc(F)cc(F)c2)ccc1-c1cnc(N)c(C(=O)NCCO)c1. The fourth-order valence-electron chi connectivity index (χ4n) is 3.23. The Morgan fingerprint density at radius 2 is 1.82 bits per heavy atom. The van der Waals surface area contributed by atoms with Crippen LogP contribution in [0.15, 0.2) is 48.7 Å². The van der Waals surface area contributed by atoms with E-state index in [1.165, 1.54) is 6.20 Å². The summed E-state index contributed by atoms with van der Waals surface area (Å²) in [6.07, 6.45) is -0.266. The zero-order valence-electron chi connectivity index (χ0n) is 17.6. The van der Waals surface area contributed by atoms with E-state index in [1.807, 2.05) is 0 Å². The first-order valence-corrected chi connectivity index (χ1v) is 9.90. The monoisotopic (exact) mass is 456 g/mol. The van der Waals surface area contributed by atoms with Gasteiger partial charge in [0.05, 0.1) is 12.2 Å². The standard InChI is InChI=1S/C23H22F2N4O4/c1-12-6-17(29-23(33)20(31)13-7-15(24)10-16(25)8-13)2-3-18(12)14-9-19(21(26)28-11-14)22(32)27-4-5-30/h2-3,6-11,20,30-31H,4-5H2,1H3,(H2,26,28)(H,27,32)(H,29,33)/t20-/m0/s1. The molecule has 0 aliphatic heterocycles. The summed E-state index contributed by atoms with van der Waals surface area (Å²) in [6.45, 7) is 1.63. The molecule has 0 saturated carbocycles. The van der Waals surface area contributed by atoms with Crippen LogP contribution in [0.1, 0.15) is 27.6 Å². The van der Waals surface area contributed by atoms with Crippen LogP contribution in [-0.2, 0) is 4.79 Å². The molecule has 0 radical (unpaired) electrons. The number of aliphatic hydroxyl groups excluding tert-OH is 2. The van der Waals surface area contributed by atoms with Crippen LogP contribution >= 0.6 is 0 Å². The van der Waals surface area contributed by atoms with Crippen LogP contribution in [0.2, 0.25) is 0 Å². The van der Waals surface area contributed by atoms with Gasteiger partial charge in [-0.2, -0.15) is 0 Å². The fourth-order valence-corrected chi connectivity index (χ4v) is 3.23. The Labute approximate surface area is 188 Å². The first-order chi connectivity index (χ1) is 15.7. The van der Waals surface area contributed by atoms with Crippen LogP contribution in [0.5, 0.6) is 0 Å². The average molecular weight is 456 g/mol. The van der Waals surface area contributed by atoms with Gasteiger partial charge >= 0.3 is 0 Å². The number of amides is 2. The third-order valence-corrected chi connectivity index (χ3v) is 4.81. The van der Waals surface area contributed by atoms with Gasteiger partial charge in [0.1, 0.15) is 17.5 Å². The summed E-state index contributed by atoms with van der Waals surface area (Å²) in [4.78, 5) is 28.6. The number of aromatic nitrogens is 1. The molecule has 2 amide bonds. The predicted octanol–water partition coefficient (Wildman–Crippen LogP) is 2.31. The van der Waals surface area contributed by atoms with E-state index in [4.69, 9.17) is 10.8 Å². The zero-order chi connectivity index (χ0) is 24.1. The van der Waals surface area contributed by atoms with Crippen molar-refractivity contribution in [1.82, 2.24) is 10.3 Å². The largest absolute Gasteiger partial charge is 0.395 e. The minimum Gasteiger partial charge on any atom is -0.395 e.